The van der Waals surface area contributed by atoms with E-state index in [-0.39, 0.29) is 29.6 Å². The van der Waals surface area contributed by atoms with Crippen LogP contribution in [0.2, 0.25) is 0 Å². The summed E-state index contributed by atoms with van der Waals surface area (Å²) in [5, 5.41) is 19.8. The first kappa shape index (κ1) is 25.4. The molecule has 21 heavy (non-hydrogen) atoms. The summed E-state index contributed by atoms with van der Waals surface area (Å²) in [4.78, 5) is 19.8. The normalized spacial score (nSPS) is 9.24. The first-order valence-corrected chi connectivity index (χ1v) is 7.94. The zero-order valence-corrected chi connectivity index (χ0v) is 14.5. The zero-order valence-electron chi connectivity index (χ0n) is 13.5. The summed E-state index contributed by atoms with van der Waals surface area (Å²) in [6, 6.07) is 0. The van der Waals surface area contributed by atoms with Crippen molar-refractivity contribution in [2.75, 3.05) is 0 Å². The minimum absolute atomic E-state index is 0. The Balaban J connectivity index is -0.000000295. The first-order valence-electron chi connectivity index (χ1n) is 7.94. The number of rotatable bonds is 12. The Morgan fingerprint density at radius 1 is 0.619 bits per heavy atom. The molecule has 0 aliphatic rings. The predicted octanol–water partition coefficient (Wildman–Crippen LogP) is 2.19. The van der Waals surface area contributed by atoms with Crippen LogP contribution in [0.1, 0.15) is 90.9 Å². The van der Waals surface area contributed by atoms with Crippen molar-refractivity contribution >= 4 is 11.9 Å². The summed E-state index contributed by atoms with van der Waals surface area (Å²) < 4.78 is 0. The average Bonchev–Trinajstić information content (AvgIpc) is 2.38. The van der Waals surface area contributed by atoms with Gasteiger partial charge in [-0.3, -0.25) is 0 Å². The van der Waals surface area contributed by atoms with Crippen molar-refractivity contribution in [3.63, 3.8) is 0 Å². The van der Waals surface area contributed by atoms with Crippen molar-refractivity contribution in [3.05, 3.63) is 0 Å². The van der Waals surface area contributed by atoms with E-state index in [9.17, 15) is 19.8 Å². The van der Waals surface area contributed by atoms with E-state index >= 15 is 0 Å². The van der Waals surface area contributed by atoms with E-state index in [1.807, 2.05) is 0 Å². The molecule has 0 amide bonds. The van der Waals surface area contributed by atoms with Gasteiger partial charge in [-0.15, -0.1) is 0 Å². The van der Waals surface area contributed by atoms with Crippen molar-refractivity contribution in [2.24, 2.45) is 0 Å². The summed E-state index contributed by atoms with van der Waals surface area (Å²) in [7, 11) is 0. The zero-order chi connectivity index (χ0) is 15.6. The van der Waals surface area contributed by atoms with E-state index < -0.39 is 11.9 Å². The van der Waals surface area contributed by atoms with E-state index in [1.165, 1.54) is 25.7 Å². The average molecular weight is 345 g/mol. The van der Waals surface area contributed by atoms with Crippen LogP contribution in [0, 0.1) is 0 Å². The van der Waals surface area contributed by atoms with Crippen LogP contribution in [0.4, 0.5) is 0 Å². The second-order valence-corrected chi connectivity index (χ2v) is 5.07. The predicted molar refractivity (Wildman–Crippen MR) is 76.8 cm³/mol. The minimum atomic E-state index is -0.920. The smallest absolute Gasteiger partial charge is 0.550 e. The molecule has 0 aromatic heterocycles. The Hall–Kier alpha value is -0.554. The summed E-state index contributed by atoms with van der Waals surface area (Å²) in [5.41, 5.74) is 0. The topological polar surface area (TPSA) is 80.3 Å². The van der Waals surface area contributed by atoms with Gasteiger partial charge in [-0.05, 0) is 25.7 Å². The monoisotopic (exact) mass is 345 g/mol. The third-order valence-electron chi connectivity index (χ3n) is 2.97. The van der Waals surface area contributed by atoms with Gasteiger partial charge in [0, 0.05) is 11.9 Å². The molecule has 0 spiro atoms. The van der Waals surface area contributed by atoms with Crippen LogP contribution >= 0.6 is 0 Å². The van der Waals surface area contributed by atoms with Gasteiger partial charge in [0.25, 0.3) is 0 Å². The van der Waals surface area contributed by atoms with Gasteiger partial charge in [0.1, 0.15) is 0 Å². The van der Waals surface area contributed by atoms with Crippen molar-refractivity contribution in [3.8, 4) is 0 Å². The molecule has 0 atom stereocenters. The van der Waals surface area contributed by atoms with Crippen molar-refractivity contribution in [1.82, 2.24) is 0 Å². The number of carboxylic acids is 2. The maximum absolute atomic E-state index is 9.92. The van der Waals surface area contributed by atoms with Gasteiger partial charge in [0.15, 0.2) is 0 Å². The molecule has 0 saturated carbocycles. The Bertz CT molecular complexity index is 208. The summed E-state index contributed by atoms with van der Waals surface area (Å²) in [6.07, 6.45) is 11.2. The molecule has 0 unspecified atom stereocenters. The molecule has 0 N–H and O–H groups in total. The molecule has 0 aromatic carbocycles. The molecule has 0 aromatic rings. The van der Waals surface area contributed by atoms with Crippen LogP contribution < -0.4 is 10.2 Å². The minimum Gasteiger partial charge on any atom is -0.550 e. The summed E-state index contributed by atoms with van der Waals surface area (Å²) in [5.74, 6) is -1.84. The fraction of sp³-hybridized carbons (Fsp3) is 0.875. The van der Waals surface area contributed by atoms with Gasteiger partial charge in [-0.1, -0.05) is 65.2 Å². The first-order chi connectivity index (χ1) is 9.54. The summed E-state index contributed by atoms with van der Waals surface area (Å²) in [6.45, 7) is 4.28. The van der Waals surface area contributed by atoms with Crippen molar-refractivity contribution < 1.29 is 36.6 Å². The molecule has 127 valence electrons. The van der Waals surface area contributed by atoms with Gasteiger partial charge in [0.05, 0.1) is 0 Å². The van der Waals surface area contributed by atoms with Gasteiger partial charge in [-0.25, -0.2) is 0 Å². The fourth-order valence-corrected chi connectivity index (χ4v) is 1.75. The Morgan fingerprint density at radius 3 is 1.14 bits per heavy atom. The molecular weight excluding hydrogens is 315 g/mol. The van der Waals surface area contributed by atoms with E-state index in [2.05, 4.69) is 13.8 Å². The molecule has 0 rings (SSSR count). The third kappa shape index (κ3) is 32.7. The Morgan fingerprint density at radius 2 is 0.905 bits per heavy atom. The van der Waals surface area contributed by atoms with Crippen LogP contribution in [-0.2, 0) is 26.4 Å². The Labute approximate surface area is 139 Å². The van der Waals surface area contributed by atoms with E-state index in [4.69, 9.17) is 0 Å². The number of aliphatic carboxylic acids is 2. The number of carbonyl (C=O) groups excluding carboxylic acids is 2. The van der Waals surface area contributed by atoms with Crippen molar-refractivity contribution in [1.29, 1.82) is 0 Å². The van der Waals surface area contributed by atoms with E-state index in [1.54, 1.807) is 0 Å². The third-order valence-corrected chi connectivity index (χ3v) is 2.97. The van der Waals surface area contributed by atoms with Crippen LogP contribution in [-0.4, -0.2) is 11.9 Å². The summed E-state index contributed by atoms with van der Waals surface area (Å²) >= 11 is 0. The van der Waals surface area contributed by atoms with Crippen LogP contribution in [0.25, 0.3) is 0 Å². The maximum atomic E-state index is 9.92. The molecule has 0 aliphatic heterocycles. The molecule has 4 nitrogen and oxygen atoms in total. The van der Waals surface area contributed by atoms with Crippen LogP contribution in [0.15, 0.2) is 0 Å². The van der Waals surface area contributed by atoms with Gasteiger partial charge in [0.2, 0.25) is 0 Å². The van der Waals surface area contributed by atoms with Gasteiger partial charge < -0.3 is 19.8 Å². The van der Waals surface area contributed by atoms with Gasteiger partial charge in [-0.2, -0.15) is 0 Å². The standard InChI is InChI=1S/2C8H16O2.Co/c2*1-2-3-4-5-6-7-8(9)10;/h2*2-7H2,1H3,(H,9,10);/q;;+2/p-2. The molecule has 0 aliphatic carbocycles. The van der Waals surface area contributed by atoms with Crippen LogP contribution in [0.3, 0.4) is 0 Å². The largest absolute Gasteiger partial charge is 2.00 e. The quantitative estimate of drug-likeness (QED) is 0.508. The van der Waals surface area contributed by atoms with Crippen molar-refractivity contribution in [2.45, 2.75) is 90.9 Å². The fourth-order valence-electron chi connectivity index (χ4n) is 1.75. The van der Waals surface area contributed by atoms with Crippen LogP contribution in [0.5, 0.6) is 0 Å². The van der Waals surface area contributed by atoms with Gasteiger partial charge >= 0.3 is 16.8 Å². The molecule has 0 heterocycles. The van der Waals surface area contributed by atoms with E-state index in [0.717, 1.165) is 38.5 Å². The maximum Gasteiger partial charge on any atom is 2.00 e. The molecule has 0 saturated heterocycles. The number of carbonyl (C=O) groups is 2. The van der Waals surface area contributed by atoms with E-state index in [0.29, 0.717) is 0 Å². The molecule has 1 radical (unpaired) electrons. The molecular formula is C16H30CoO4. The second-order valence-electron chi connectivity index (χ2n) is 5.07. The SMILES string of the molecule is CCCCCCCC(=O)[O-].CCCCCCCC(=O)[O-].[Co+2]. The number of hydrogen-bond acceptors (Lipinski definition) is 4. The number of hydrogen-bond donors (Lipinski definition) is 0. The number of unbranched alkanes of at least 4 members (excludes halogenated alkanes) is 8. The molecule has 5 heteroatoms. The second kappa shape index (κ2) is 21.7. The molecule has 0 bridgehead atoms. The number of carboxylic acid groups (broad SMARTS) is 2. The molecule has 0 fully saturated rings. The Kier molecular flexibility index (Phi) is 26.3.